The van der Waals surface area contributed by atoms with Crippen LogP contribution in [0.3, 0.4) is 0 Å². The number of Topliss-reactive ketones (excluding diaryl/α,β-unsaturated/α-hetero) is 1. The van der Waals surface area contributed by atoms with Gasteiger partial charge in [0.05, 0.1) is 15.8 Å². The highest BCUT2D eigenvalue weighted by atomic mass is 35.5. The highest BCUT2D eigenvalue weighted by molar-refractivity contribution is 8.00. The first-order valence-corrected chi connectivity index (χ1v) is 7.63. The first-order valence-electron chi connectivity index (χ1n) is 5.99. The molecule has 0 saturated carbocycles. The lowest BCUT2D eigenvalue weighted by atomic mass is 10.1. The second-order valence-electron chi connectivity index (χ2n) is 4.32. The van der Waals surface area contributed by atoms with Crippen molar-refractivity contribution in [2.24, 2.45) is 0 Å². The van der Waals surface area contributed by atoms with E-state index in [4.69, 9.17) is 23.2 Å². The smallest absolute Gasteiger partial charge is 0.178 e. The van der Waals surface area contributed by atoms with Crippen molar-refractivity contribution >= 4 is 40.7 Å². The molecule has 0 fully saturated rings. The molecular weight excluding hydrogens is 337 g/mol. The largest absolute Gasteiger partial charge is 0.293 e. The molecule has 110 valence electrons. The molecule has 0 spiro atoms. The fourth-order valence-corrected chi connectivity index (χ4v) is 3.20. The number of carbonyl (C=O) groups excluding carboxylic acids is 1. The van der Waals surface area contributed by atoms with Gasteiger partial charge in [0.1, 0.15) is 11.6 Å². The van der Waals surface area contributed by atoms with Crippen LogP contribution in [0.1, 0.15) is 17.3 Å². The SMILES string of the molecule is CC(Sc1cc(Cl)ccc1Cl)C(=O)c1ccc(F)cc1F. The number of halogens is 4. The third kappa shape index (κ3) is 3.96. The summed E-state index contributed by atoms with van der Waals surface area (Å²) < 4.78 is 26.5. The zero-order valence-corrected chi connectivity index (χ0v) is 13.2. The molecule has 2 aromatic carbocycles. The maximum atomic E-state index is 13.6. The first kappa shape index (κ1) is 16.3. The van der Waals surface area contributed by atoms with Crippen molar-refractivity contribution in [3.63, 3.8) is 0 Å². The van der Waals surface area contributed by atoms with Gasteiger partial charge in [-0.1, -0.05) is 23.2 Å². The average molecular weight is 347 g/mol. The van der Waals surface area contributed by atoms with Gasteiger partial charge >= 0.3 is 0 Å². The van der Waals surface area contributed by atoms with E-state index in [2.05, 4.69) is 0 Å². The molecule has 0 bridgehead atoms. The molecule has 0 aliphatic heterocycles. The summed E-state index contributed by atoms with van der Waals surface area (Å²) in [5.41, 5.74) is -0.144. The Balaban J connectivity index is 2.21. The Bertz CT molecular complexity index is 691. The predicted octanol–water partition coefficient (Wildman–Crippen LogP) is 5.64. The molecule has 0 N–H and O–H groups in total. The highest BCUT2D eigenvalue weighted by Gasteiger charge is 2.21. The van der Waals surface area contributed by atoms with E-state index in [-0.39, 0.29) is 5.56 Å². The molecule has 0 saturated heterocycles. The lowest BCUT2D eigenvalue weighted by Gasteiger charge is -2.12. The van der Waals surface area contributed by atoms with Crippen LogP contribution in [0.25, 0.3) is 0 Å². The number of ketones is 1. The Kier molecular flexibility index (Phi) is 5.25. The number of hydrogen-bond acceptors (Lipinski definition) is 2. The van der Waals surface area contributed by atoms with Crippen LogP contribution in [0.4, 0.5) is 8.78 Å². The summed E-state index contributed by atoms with van der Waals surface area (Å²) in [6.45, 7) is 1.63. The van der Waals surface area contributed by atoms with Crippen LogP contribution >= 0.6 is 35.0 Å². The monoisotopic (exact) mass is 346 g/mol. The summed E-state index contributed by atoms with van der Waals surface area (Å²) in [6, 6.07) is 7.79. The Morgan fingerprint density at radius 1 is 1.14 bits per heavy atom. The summed E-state index contributed by atoms with van der Waals surface area (Å²) in [5.74, 6) is -2.03. The van der Waals surface area contributed by atoms with E-state index < -0.39 is 22.7 Å². The minimum Gasteiger partial charge on any atom is -0.293 e. The summed E-state index contributed by atoms with van der Waals surface area (Å²) >= 11 is 13.1. The summed E-state index contributed by atoms with van der Waals surface area (Å²) in [7, 11) is 0. The van der Waals surface area contributed by atoms with Gasteiger partial charge in [-0.2, -0.15) is 0 Å². The lowest BCUT2D eigenvalue weighted by Crippen LogP contribution is -2.15. The average Bonchev–Trinajstić information content (AvgIpc) is 2.42. The third-order valence-corrected chi connectivity index (χ3v) is 4.60. The van der Waals surface area contributed by atoms with E-state index in [1.807, 2.05) is 0 Å². The van der Waals surface area contributed by atoms with Crippen LogP contribution < -0.4 is 0 Å². The topological polar surface area (TPSA) is 17.1 Å². The van der Waals surface area contributed by atoms with Crippen molar-refractivity contribution in [1.82, 2.24) is 0 Å². The standard InChI is InChI=1S/C15H10Cl2F2OS/c1-8(21-14-6-9(16)2-5-12(14)17)15(20)11-4-3-10(18)7-13(11)19/h2-8H,1H3. The van der Waals surface area contributed by atoms with Crippen LogP contribution in [-0.4, -0.2) is 11.0 Å². The minimum atomic E-state index is -0.871. The molecule has 0 radical (unpaired) electrons. The molecule has 1 unspecified atom stereocenters. The van der Waals surface area contributed by atoms with Crippen molar-refractivity contribution in [3.8, 4) is 0 Å². The highest BCUT2D eigenvalue weighted by Crippen LogP contribution is 2.34. The molecule has 0 heterocycles. The number of carbonyl (C=O) groups is 1. The Hall–Kier alpha value is -1.10. The molecule has 1 nitrogen and oxygen atoms in total. The Morgan fingerprint density at radius 2 is 1.86 bits per heavy atom. The maximum absolute atomic E-state index is 13.6. The van der Waals surface area contributed by atoms with Crippen molar-refractivity contribution in [2.45, 2.75) is 17.1 Å². The van der Waals surface area contributed by atoms with Gasteiger partial charge in [0.2, 0.25) is 0 Å². The molecule has 0 aliphatic rings. The molecular formula is C15H10Cl2F2OS. The van der Waals surface area contributed by atoms with Gasteiger partial charge in [-0.3, -0.25) is 4.79 Å². The van der Waals surface area contributed by atoms with Crippen LogP contribution in [-0.2, 0) is 0 Å². The molecule has 0 aromatic heterocycles. The van der Waals surface area contributed by atoms with Gasteiger partial charge in [-0.25, -0.2) is 8.78 Å². The van der Waals surface area contributed by atoms with Crippen LogP contribution in [0.15, 0.2) is 41.3 Å². The van der Waals surface area contributed by atoms with Gasteiger partial charge in [0.25, 0.3) is 0 Å². The number of rotatable bonds is 4. The fraction of sp³-hybridized carbons (Fsp3) is 0.133. The summed E-state index contributed by atoms with van der Waals surface area (Å²) in [6.07, 6.45) is 0. The Morgan fingerprint density at radius 3 is 2.52 bits per heavy atom. The van der Waals surface area contributed by atoms with Crippen molar-refractivity contribution in [3.05, 3.63) is 63.6 Å². The van der Waals surface area contributed by atoms with E-state index in [9.17, 15) is 13.6 Å². The van der Waals surface area contributed by atoms with E-state index in [0.717, 1.165) is 12.1 Å². The zero-order chi connectivity index (χ0) is 15.6. The summed E-state index contributed by atoms with van der Waals surface area (Å²) in [5, 5.41) is 0.374. The van der Waals surface area contributed by atoms with Crippen LogP contribution in [0.5, 0.6) is 0 Å². The van der Waals surface area contributed by atoms with Crippen molar-refractivity contribution in [1.29, 1.82) is 0 Å². The van der Waals surface area contributed by atoms with Gasteiger partial charge in [-0.05, 0) is 37.3 Å². The van der Waals surface area contributed by atoms with E-state index >= 15 is 0 Å². The second-order valence-corrected chi connectivity index (χ2v) is 6.55. The quantitative estimate of drug-likeness (QED) is 0.526. The van der Waals surface area contributed by atoms with Crippen molar-refractivity contribution in [2.75, 3.05) is 0 Å². The van der Waals surface area contributed by atoms with Gasteiger partial charge in [0, 0.05) is 16.0 Å². The zero-order valence-electron chi connectivity index (χ0n) is 10.9. The van der Waals surface area contributed by atoms with Gasteiger partial charge in [-0.15, -0.1) is 11.8 Å². The Labute approximate surface area is 135 Å². The van der Waals surface area contributed by atoms with Gasteiger partial charge < -0.3 is 0 Å². The molecule has 2 rings (SSSR count). The summed E-state index contributed by atoms with van der Waals surface area (Å²) in [4.78, 5) is 12.8. The van der Waals surface area contributed by atoms with E-state index in [1.54, 1.807) is 25.1 Å². The molecule has 0 aliphatic carbocycles. The van der Waals surface area contributed by atoms with Crippen molar-refractivity contribution < 1.29 is 13.6 Å². The number of hydrogen-bond donors (Lipinski definition) is 0. The minimum absolute atomic E-state index is 0.144. The van der Waals surface area contributed by atoms with Crippen LogP contribution in [0.2, 0.25) is 10.0 Å². The maximum Gasteiger partial charge on any atom is 0.178 e. The molecule has 0 amide bonds. The first-order chi connectivity index (χ1) is 9.88. The van der Waals surface area contributed by atoms with Crippen LogP contribution in [0, 0.1) is 11.6 Å². The molecule has 21 heavy (non-hydrogen) atoms. The van der Waals surface area contributed by atoms with Gasteiger partial charge in [0.15, 0.2) is 5.78 Å². The number of benzene rings is 2. The molecule has 2 aromatic rings. The fourth-order valence-electron chi connectivity index (χ4n) is 1.72. The third-order valence-electron chi connectivity index (χ3n) is 2.76. The second kappa shape index (κ2) is 6.77. The molecule has 1 atom stereocenters. The normalized spacial score (nSPS) is 12.2. The number of thioether (sulfide) groups is 1. The van der Waals surface area contributed by atoms with E-state index in [1.165, 1.54) is 11.8 Å². The molecule has 6 heteroatoms. The lowest BCUT2D eigenvalue weighted by molar-refractivity contribution is 0.0990. The van der Waals surface area contributed by atoms with E-state index in [0.29, 0.717) is 21.0 Å². The predicted molar refractivity (Wildman–Crippen MR) is 82.5 cm³/mol.